The Morgan fingerprint density at radius 1 is 0.810 bits per heavy atom. The normalized spacial score (nSPS) is 13.8. The molecule has 3 rings (SSSR count). The number of aliphatic hydroxyl groups is 1. The molecule has 0 saturated heterocycles. The van der Waals surface area contributed by atoms with Gasteiger partial charge in [0.05, 0.1) is 22.8 Å². The second-order valence-electron chi connectivity index (χ2n) is 11.3. The first kappa shape index (κ1) is 32.5. The van der Waals surface area contributed by atoms with E-state index in [4.69, 9.17) is 0 Å². The van der Waals surface area contributed by atoms with Crippen LogP contribution in [0.15, 0.2) is 89.8 Å². The van der Waals surface area contributed by atoms with Crippen molar-refractivity contribution in [1.29, 1.82) is 0 Å². The molecular formula is C32H39N3O6S. The van der Waals surface area contributed by atoms with E-state index in [1.807, 2.05) is 51.1 Å². The molecule has 0 aliphatic rings. The van der Waals surface area contributed by atoms with Gasteiger partial charge in [-0.05, 0) is 56.5 Å². The molecule has 9 nitrogen and oxygen atoms in total. The van der Waals surface area contributed by atoms with Gasteiger partial charge in [0, 0.05) is 24.4 Å². The van der Waals surface area contributed by atoms with Gasteiger partial charge in [-0.1, -0.05) is 66.7 Å². The van der Waals surface area contributed by atoms with Crippen molar-refractivity contribution >= 4 is 27.6 Å². The van der Waals surface area contributed by atoms with Crippen LogP contribution in [-0.2, 0) is 32.3 Å². The average Bonchev–Trinajstić information content (AvgIpc) is 2.92. The molecule has 3 aromatic rings. The van der Waals surface area contributed by atoms with Crippen LogP contribution in [0.3, 0.4) is 0 Å². The van der Waals surface area contributed by atoms with Gasteiger partial charge in [-0.3, -0.25) is 14.4 Å². The highest BCUT2D eigenvalue weighted by molar-refractivity contribution is 7.91. The molecule has 0 spiro atoms. The predicted molar refractivity (Wildman–Crippen MR) is 162 cm³/mol. The van der Waals surface area contributed by atoms with E-state index >= 15 is 0 Å². The van der Waals surface area contributed by atoms with Gasteiger partial charge in [0.25, 0.3) is 5.91 Å². The van der Waals surface area contributed by atoms with Gasteiger partial charge in [0.15, 0.2) is 9.84 Å². The molecule has 10 heteroatoms. The van der Waals surface area contributed by atoms with Gasteiger partial charge in [-0.25, -0.2) is 8.42 Å². The number of hydrogen-bond donors (Lipinski definition) is 4. The average molecular weight is 594 g/mol. The minimum Gasteiger partial charge on any atom is -0.391 e. The van der Waals surface area contributed by atoms with Gasteiger partial charge in [0.2, 0.25) is 11.8 Å². The fourth-order valence-corrected chi connectivity index (χ4v) is 5.94. The third-order valence-electron chi connectivity index (χ3n) is 6.45. The Morgan fingerprint density at radius 3 is 1.98 bits per heavy atom. The zero-order chi connectivity index (χ0) is 30.9. The van der Waals surface area contributed by atoms with Gasteiger partial charge in [-0.2, -0.15) is 0 Å². The zero-order valence-corrected chi connectivity index (χ0v) is 25.1. The lowest BCUT2D eigenvalue weighted by molar-refractivity contribution is -0.128. The minimum atomic E-state index is -3.93. The van der Waals surface area contributed by atoms with Gasteiger partial charge in [-0.15, -0.1) is 0 Å². The van der Waals surface area contributed by atoms with Crippen molar-refractivity contribution in [3.63, 3.8) is 0 Å². The van der Waals surface area contributed by atoms with Crippen LogP contribution in [0.5, 0.6) is 0 Å². The SMILES string of the molecule is CC(=O)N[C@H](CS(=O)(=O)c1ccccc1)C(=O)N[C@@H](Cc1ccccc1)[C@H](O)Cc1ccccc1C(=O)NC(C)(C)C. The van der Waals surface area contributed by atoms with Crippen LogP contribution in [0.1, 0.15) is 49.2 Å². The second kappa shape index (κ2) is 14.2. The lowest BCUT2D eigenvalue weighted by Crippen LogP contribution is -2.55. The summed E-state index contributed by atoms with van der Waals surface area (Å²) in [5.41, 5.74) is 1.35. The van der Waals surface area contributed by atoms with E-state index in [1.165, 1.54) is 19.1 Å². The molecule has 0 saturated carbocycles. The quantitative estimate of drug-likeness (QED) is 0.255. The van der Waals surface area contributed by atoms with Crippen LogP contribution < -0.4 is 16.0 Å². The standard InChI is InChI=1S/C32H39N3O6S/c1-22(36)33-28(21-42(40,41)25-16-9-6-10-17-25)31(39)34-27(19-23-13-7-5-8-14-23)29(37)20-24-15-11-12-18-26(24)30(38)35-32(2,3)4/h5-18,27-29,37H,19-21H2,1-4H3,(H,33,36)(H,34,39)(H,35,38)/t27-,28+,29+/m0/s1. The molecule has 4 N–H and O–H groups in total. The predicted octanol–water partition coefficient (Wildman–Crippen LogP) is 2.82. The first-order valence-corrected chi connectivity index (χ1v) is 15.4. The first-order chi connectivity index (χ1) is 19.7. The number of rotatable bonds is 12. The van der Waals surface area contributed by atoms with Crippen LogP contribution >= 0.6 is 0 Å². The van der Waals surface area contributed by atoms with Crippen LogP contribution in [-0.4, -0.2) is 60.7 Å². The van der Waals surface area contributed by atoms with Crippen LogP contribution in [0.25, 0.3) is 0 Å². The Bertz CT molecular complexity index is 1470. The number of carbonyl (C=O) groups is 3. The summed E-state index contributed by atoms with van der Waals surface area (Å²) in [6.07, 6.45) is -0.887. The number of hydrogen-bond acceptors (Lipinski definition) is 6. The summed E-state index contributed by atoms with van der Waals surface area (Å²) >= 11 is 0. The lowest BCUT2D eigenvalue weighted by Gasteiger charge is -2.28. The smallest absolute Gasteiger partial charge is 0.251 e. The molecule has 42 heavy (non-hydrogen) atoms. The van der Waals surface area contributed by atoms with Crippen molar-refractivity contribution in [2.75, 3.05) is 5.75 Å². The van der Waals surface area contributed by atoms with E-state index in [0.29, 0.717) is 11.1 Å². The highest BCUT2D eigenvalue weighted by atomic mass is 32.2. The maximum Gasteiger partial charge on any atom is 0.251 e. The van der Waals surface area contributed by atoms with Crippen LogP contribution in [0.2, 0.25) is 0 Å². The van der Waals surface area contributed by atoms with Crippen molar-refractivity contribution in [3.8, 4) is 0 Å². The maximum atomic E-state index is 13.5. The molecule has 0 unspecified atom stereocenters. The molecule has 0 aliphatic heterocycles. The first-order valence-electron chi connectivity index (χ1n) is 13.7. The molecule has 3 atom stereocenters. The van der Waals surface area contributed by atoms with E-state index in [9.17, 15) is 27.9 Å². The molecule has 0 radical (unpaired) electrons. The van der Waals surface area contributed by atoms with Crippen molar-refractivity contribution < 1.29 is 27.9 Å². The highest BCUT2D eigenvalue weighted by Gasteiger charge is 2.31. The second-order valence-corrected chi connectivity index (χ2v) is 13.3. The van der Waals surface area contributed by atoms with Crippen molar-refractivity contribution in [2.45, 2.75) is 69.2 Å². The summed E-state index contributed by atoms with van der Waals surface area (Å²) < 4.78 is 26.1. The monoisotopic (exact) mass is 593 g/mol. The number of aliphatic hydroxyl groups excluding tert-OH is 1. The minimum absolute atomic E-state index is 0.0270. The van der Waals surface area contributed by atoms with Gasteiger partial charge in [0.1, 0.15) is 6.04 Å². The molecule has 3 amide bonds. The zero-order valence-electron chi connectivity index (χ0n) is 24.3. The summed E-state index contributed by atoms with van der Waals surface area (Å²) in [4.78, 5) is 38.5. The Balaban J connectivity index is 1.88. The summed E-state index contributed by atoms with van der Waals surface area (Å²) in [5, 5.41) is 19.6. The van der Waals surface area contributed by atoms with Crippen molar-refractivity contribution in [1.82, 2.24) is 16.0 Å². The lowest BCUT2D eigenvalue weighted by atomic mass is 9.93. The molecule has 0 bridgehead atoms. The molecule has 224 valence electrons. The van der Waals surface area contributed by atoms with Gasteiger partial charge >= 0.3 is 0 Å². The summed E-state index contributed by atoms with van der Waals surface area (Å²) in [6.45, 7) is 6.82. The van der Waals surface area contributed by atoms with Crippen LogP contribution in [0, 0.1) is 0 Å². The number of carbonyl (C=O) groups excluding carboxylic acids is 3. The number of benzene rings is 3. The van der Waals surface area contributed by atoms with E-state index in [2.05, 4.69) is 16.0 Å². The van der Waals surface area contributed by atoms with E-state index in [0.717, 1.165) is 5.56 Å². The fourth-order valence-electron chi connectivity index (χ4n) is 4.50. The third-order valence-corrected chi connectivity index (χ3v) is 8.22. The Morgan fingerprint density at radius 2 is 1.38 bits per heavy atom. The topological polar surface area (TPSA) is 142 Å². The Hall–Kier alpha value is -4.02. The Labute approximate surface area is 247 Å². The largest absolute Gasteiger partial charge is 0.391 e. The van der Waals surface area contributed by atoms with Crippen molar-refractivity contribution in [3.05, 3.63) is 102 Å². The number of amides is 3. The maximum absolute atomic E-state index is 13.5. The summed E-state index contributed by atoms with van der Waals surface area (Å²) in [7, 11) is -3.93. The van der Waals surface area contributed by atoms with E-state index in [-0.39, 0.29) is 23.6 Å². The molecule has 0 aromatic heterocycles. The molecule has 0 heterocycles. The molecule has 0 aliphatic carbocycles. The fraction of sp³-hybridized carbons (Fsp3) is 0.344. The number of sulfone groups is 1. The van der Waals surface area contributed by atoms with E-state index in [1.54, 1.807) is 42.5 Å². The van der Waals surface area contributed by atoms with Gasteiger partial charge < -0.3 is 21.1 Å². The molecule has 3 aromatic carbocycles. The van der Waals surface area contributed by atoms with E-state index < -0.39 is 51.1 Å². The summed E-state index contributed by atoms with van der Waals surface area (Å²) in [6, 6.07) is 21.5. The highest BCUT2D eigenvalue weighted by Crippen LogP contribution is 2.17. The third kappa shape index (κ3) is 9.81. The molecule has 0 fully saturated rings. The molecular weight excluding hydrogens is 554 g/mol. The summed E-state index contributed by atoms with van der Waals surface area (Å²) in [5.74, 6) is -2.27. The number of nitrogens with one attached hydrogen (secondary N) is 3. The Kier molecular flexibility index (Phi) is 11.0. The van der Waals surface area contributed by atoms with Crippen molar-refractivity contribution in [2.24, 2.45) is 0 Å². The van der Waals surface area contributed by atoms with Crippen LogP contribution in [0.4, 0.5) is 0 Å².